The van der Waals surface area contributed by atoms with Crippen LogP contribution >= 0.6 is 0 Å². The van der Waals surface area contributed by atoms with Gasteiger partial charge in [-0.05, 0) is 35.1 Å². The van der Waals surface area contributed by atoms with Crippen LogP contribution in [0, 0.1) is 0 Å². The summed E-state index contributed by atoms with van der Waals surface area (Å²) in [7, 11) is 0. The molecule has 2 heteroatoms. The highest BCUT2D eigenvalue weighted by Crippen LogP contribution is 2.29. The summed E-state index contributed by atoms with van der Waals surface area (Å²) in [4.78, 5) is 8.43. The molecule has 0 bridgehead atoms. The first-order valence-electron chi connectivity index (χ1n) is 7.24. The summed E-state index contributed by atoms with van der Waals surface area (Å²) in [5.41, 5.74) is 8.03. The van der Waals surface area contributed by atoms with Gasteiger partial charge in [-0.15, -0.1) is 0 Å². The standard InChI is InChI=1S/C17H22N2/c1-10(2)14-6-5-12-7-13-8-15(11(3)4)19-17(13)9-16(12)18-14/h5-6,8,10-11,19H,7,9H2,1-4H3. The van der Waals surface area contributed by atoms with Crippen molar-refractivity contribution >= 4 is 0 Å². The molecule has 100 valence electrons. The van der Waals surface area contributed by atoms with Crippen LogP contribution in [0.4, 0.5) is 0 Å². The van der Waals surface area contributed by atoms with E-state index in [1.54, 1.807) is 0 Å². The van der Waals surface area contributed by atoms with Gasteiger partial charge < -0.3 is 4.98 Å². The molecule has 0 amide bonds. The second-order valence-electron chi connectivity index (χ2n) is 6.23. The van der Waals surface area contributed by atoms with E-state index in [9.17, 15) is 0 Å². The van der Waals surface area contributed by atoms with Gasteiger partial charge in [-0.25, -0.2) is 0 Å². The fourth-order valence-corrected chi connectivity index (χ4v) is 2.75. The Morgan fingerprint density at radius 2 is 1.79 bits per heavy atom. The van der Waals surface area contributed by atoms with Crippen LogP contribution in [-0.2, 0) is 12.8 Å². The molecule has 0 saturated carbocycles. The van der Waals surface area contributed by atoms with Crippen LogP contribution in [0.3, 0.4) is 0 Å². The molecule has 1 aliphatic carbocycles. The van der Waals surface area contributed by atoms with E-state index in [1.165, 1.54) is 33.9 Å². The molecule has 0 saturated heterocycles. The summed E-state index contributed by atoms with van der Waals surface area (Å²) in [6.07, 6.45) is 1.98. The van der Waals surface area contributed by atoms with E-state index >= 15 is 0 Å². The number of hydrogen-bond donors (Lipinski definition) is 1. The minimum Gasteiger partial charge on any atom is -0.361 e. The molecule has 2 aromatic heterocycles. The molecule has 2 heterocycles. The lowest BCUT2D eigenvalue weighted by Gasteiger charge is -2.17. The van der Waals surface area contributed by atoms with Crippen LogP contribution in [0.5, 0.6) is 0 Å². The zero-order chi connectivity index (χ0) is 13.6. The minimum absolute atomic E-state index is 0.501. The fourth-order valence-electron chi connectivity index (χ4n) is 2.75. The summed E-state index contributed by atoms with van der Waals surface area (Å²) in [5, 5.41) is 0. The predicted octanol–water partition coefficient (Wildman–Crippen LogP) is 4.15. The largest absolute Gasteiger partial charge is 0.361 e. The number of nitrogens with one attached hydrogen (secondary N) is 1. The molecule has 1 aliphatic rings. The van der Waals surface area contributed by atoms with Gasteiger partial charge in [0.25, 0.3) is 0 Å². The van der Waals surface area contributed by atoms with Gasteiger partial charge in [0.2, 0.25) is 0 Å². The van der Waals surface area contributed by atoms with E-state index in [1.807, 2.05) is 0 Å². The summed E-state index contributed by atoms with van der Waals surface area (Å²) in [5.74, 6) is 1.06. The van der Waals surface area contributed by atoms with Crippen LogP contribution in [-0.4, -0.2) is 9.97 Å². The quantitative estimate of drug-likeness (QED) is 0.731. The van der Waals surface area contributed by atoms with Crippen molar-refractivity contribution in [2.75, 3.05) is 0 Å². The predicted molar refractivity (Wildman–Crippen MR) is 78.8 cm³/mol. The topological polar surface area (TPSA) is 28.7 Å². The Kier molecular flexibility index (Phi) is 2.96. The second-order valence-corrected chi connectivity index (χ2v) is 6.23. The normalized spacial score (nSPS) is 13.8. The first-order chi connectivity index (χ1) is 9.04. The number of pyridine rings is 1. The molecule has 0 aliphatic heterocycles. The number of aromatic amines is 1. The molecule has 2 aromatic rings. The summed E-state index contributed by atoms with van der Waals surface area (Å²) in [6.45, 7) is 8.88. The average Bonchev–Trinajstić information content (AvgIpc) is 2.78. The first-order valence-corrected chi connectivity index (χ1v) is 7.24. The number of rotatable bonds is 2. The highest BCUT2D eigenvalue weighted by Gasteiger charge is 2.20. The zero-order valence-corrected chi connectivity index (χ0v) is 12.2. The second kappa shape index (κ2) is 4.52. The molecule has 0 spiro atoms. The Morgan fingerprint density at radius 1 is 1.00 bits per heavy atom. The summed E-state index contributed by atoms with van der Waals surface area (Å²) >= 11 is 0. The van der Waals surface area contributed by atoms with Crippen LogP contribution in [0.15, 0.2) is 18.2 Å². The third-order valence-electron chi connectivity index (χ3n) is 4.04. The monoisotopic (exact) mass is 254 g/mol. The lowest BCUT2D eigenvalue weighted by atomic mass is 9.93. The number of nitrogens with zero attached hydrogens (tertiary/aromatic N) is 1. The first kappa shape index (κ1) is 12.5. The molecule has 2 nitrogen and oxygen atoms in total. The van der Waals surface area contributed by atoms with Crippen molar-refractivity contribution in [2.24, 2.45) is 0 Å². The Hall–Kier alpha value is -1.57. The van der Waals surface area contributed by atoms with Gasteiger partial charge in [0.15, 0.2) is 0 Å². The molecule has 0 aromatic carbocycles. The maximum atomic E-state index is 4.85. The lowest BCUT2D eigenvalue weighted by Crippen LogP contribution is -2.10. The Balaban J connectivity index is 1.97. The Labute approximate surface area is 115 Å². The molecule has 0 atom stereocenters. The van der Waals surface area contributed by atoms with E-state index in [0.29, 0.717) is 11.8 Å². The van der Waals surface area contributed by atoms with Crippen LogP contribution in [0.2, 0.25) is 0 Å². The molecule has 1 N–H and O–H groups in total. The van der Waals surface area contributed by atoms with E-state index in [2.05, 4.69) is 50.9 Å². The van der Waals surface area contributed by atoms with Gasteiger partial charge in [0.05, 0.1) is 5.69 Å². The van der Waals surface area contributed by atoms with Crippen LogP contribution in [0.25, 0.3) is 0 Å². The van der Waals surface area contributed by atoms with Crippen LogP contribution in [0.1, 0.15) is 73.4 Å². The van der Waals surface area contributed by atoms with Crippen molar-refractivity contribution in [1.29, 1.82) is 0 Å². The third-order valence-corrected chi connectivity index (χ3v) is 4.04. The maximum Gasteiger partial charge on any atom is 0.0501 e. The summed E-state index contributed by atoms with van der Waals surface area (Å²) in [6, 6.07) is 6.78. The highest BCUT2D eigenvalue weighted by atomic mass is 14.8. The number of H-pyrrole nitrogens is 1. The van der Waals surface area contributed by atoms with Gasteiger partial charge in [-0.1, -0.05) is 33.8 Å². The SMILES string of the molecule is CC(C)c1ccc2c(n1)Cc1[nH]c(C(C)C)cc1C2. The smallest absolute Gasteiger partial charge is 0.0501 e. The molecule has 19 heavy (non-hydrogen) atoms. The fraction of sp³-hybridized carbons (Fsp3) is 0.471. The van der Waals surface area contributed by atoms with Crippen molar-refractivity contribution in [3.63, 3.8) is 0 Å². The van der Waals surface area contributed by atoms with Gasteiger partial charge in [-0.3, -0.25) is 4.98 Å². The van der Waals surface area contributed by atoms with Crippen molar-refractivity contribution in [1.82, 2.24) is 9.97 Å². The Bertz CT molecular complexity index is 606. The third kappa shape index (κ3) is 2.20. The van der Waals surface area contributed by atoms with Gasteiger partial charge in [0.1, 0.15) is 0 Å². The van der Waals surface area contributed by atoms with Gasteiger partial charge >= 0.3 is 0 Å². The lowest BCUT2D eigenvalue weighted by molar-refractivity contribution is 0.789. The number of aromatic nitrogens is 2. The van der Waals surface area contributed by atoms with E-state index in [-0.39, 0.29) is 0 Å². The van der Waals surface area contributed by atoms with E-state index in [0.717, 1.165) is 12.8 Å². The molecular formula is C17H22N2. The molecular weight excluding hydrogens is 232 g/mol. The van der Waals surface area contributed by atoms with Crippen LogP contribution < -0.4 is 0 Å². The van der Waals surface area contributed by atoms with Crippen molar-refractivity contribution in [3.05, 3.63) is 52.1 Å². The van der Waals surface area contributed by atoms with Crippen molar-refractivity contribution in [2.45, 2.75) is 52.4 Å². The van der Waals surface area contributed by atoms with Crippen molar-refractivity contribution in [3.8, 4) is 0 Å². The number of hydrogen-bond acceptors (Lipinski definition) is 1. The minimum atomic E-state index is 0.501. The van der Waals surface area contributed by atoms with Gasteiger partial charge in [-0.2, -0.15) is 0 Å². The summed E-state index contributed by atoms with van der Waals surface area (Å²) < 4.78 is 0. The van der Waals surface area contributed by atoms with E-state index in [4.69, 9.17) is 4.98 Å². The van der Waals surface area contributed by atoms with Crippen molar-refractivity contribution < 1.29 is 0 Å². The van der Waals surface area contributed by atoms with Gasteiger partial charge in [0, 0.05) is 29.9 Å². The maximum absolute atomic E-state index is 4.85. The zero-order valence-electron chi connectivity index (χ0n) is 12.2. The molecule has 3 rings (SSSR count). The molecule has 0 unspecified atom stereocenters. The van der Waals surface area contributed by atoms with E-state index < -0.39 is 0 Å². The molecule has 0 fully saturated rings. The Morgan fingerprint density at radius 3 is 2.47 bits per heavy atom. The molecule has 0 radical (unpaired) electrons. The average molecular weight is 254 g/mol. The highest BCUT2D eigenvalue weighted by molar-refractivity contribution is 5.42. The number of fused-ring (bicyclic) bond motifs is 2.